The van der Waals surface area contributed by atoms with Crippen LogP contribution in [0.2, 0.25) is 0 Å². The van der Waals surface area contributed by atoms with Crippen molar-refractivity contribution in [3.63, 3.8) is 0 Å². The zero-order valence-electron chi connectivity index (χ0n) is 17.0. The fraction of sp³-hybridized carbons (Fsp3) is 0.167. The zero-order chi connectivity index (χ0) is 22.0. The summed E-state index contributed by atoms with van der Waals surface area (Å²) in [6, 6.07) is 17.4. The van der Waals surface area contributed by atoms with E-state index in [4.69, 9.17) is 0 Å². The number of carbonyl (C=O) groups excluding carboxylic acids is 4. The van der Waals surface area contributed by atoms with E-state index in [0.717, 1.165) is 5.39 Å². The summed E-state index contributed by atoms with van der Waals surface area (Å²) < 4.78 is 0. The molecule has 0 aromatic heterocycles. The molecular weight excluding hydrogens is 394 g/mol. The Morgan fingerprint density at radius 2 is 1.48 bits per heavy atom. The molecule has 0 spiro atoms. The van der Waals surface area contributed by atoms with E-state index in [-0.39, 0.29) is 36.6 Å². The van der Waals surface area contributed by atoms with E-state index in [0.29, 0.717) is 34.2 Å². The van der Waals surface area contributed by atoms with Crippen LogP contribution in [0, 0.1) is 0 Å². The predicted octanol–water partition coefficient (Wildman–Crippen LogP) is 3.21. The second-order valence-corrected chi connectivity index (χ2v) is 7.28. The highest BCUT2D eigenvalue weighted by Gasteiger charge is 2.32. The summed E-state index contributed by atoms with van der Waals surface area (Å²) in [5, 5.41) is 6.84. The number of amides is 4. The first kappa shape index (κ1) is 20.3. The van der Waals surface area contributed by atoms with Crippen LogP contribution in [0.3, 0.4) is 0 Å². The molecule has 0 saturated carbocycles. The molecule has 2 N–H and O–H groups in total. The van der Waals surface area contributed by atoms with Gasteiger partial charge < -0.3 is 10.6 Å². The van der Waals surface area contributed by atoms with Gasteiger partial charge in [0.05, 0.1) is 0 Å². The smallest absolute Gasteiger partial charge is 0.261 e. The predicted molar refractivity (Wildman–Crippen MR) is 117 cm³/mol. The molecule has 0 bridgehead atoms. The third kappa shape index (κ3) is 3.90. The molecule has 3 aromatic rings. The van der Waals surface area contributed by atoms with Crippen LogP contribution in [-0.2, 0) is 4.79 Å². The molecule has 156 valence electrons. The minimum absolute atomic E-state index is 0.153. The molecule has 0 atom stereocenters. The summed E-state index contributed by atoms with van der Waals surface area (Å²) in [5.41, 5.74) is 2.09. The molecule has 1 heterocycles. The van der Waals surface area contributed by atoms with Crippen LogP contribution in [0.5, 0.6) is 0 Å². The average Bonchev–Trinajstić information content (AvgIpc) is 2.79. The first-order valence-electron chi connectivity index (χ1n) is 9.99. The van der Waals surface area contributed by atoms with Crippen LogP contribution in [0.1, 0.15) is 43.9 Å². The van der Waals surface area contributed by atoms with Gasteiger partial charge in [0.25, 0.3) is 17.7 Å². The Balaban J connectivity index is 1.37. The SMILES string of the molecule is CNC(=O)c1ccc(NC(=O)CCCN2C(=O)c3cccc4cccc(c34)C2=O)cc1. The lowest BCUT2D eigenvalue weighted by atomic mass is 9.94. The van der Waals surface area contributed by atoms with Crippen molar-refractivity contribution in [3.8, 4) is 0 Å². The Morgan fingerprint density at radius 3 is 2.06 bits per heavy atom. The highest BCUT2D eigenvalue weighted by Crippen LogP contribution is 2.30. The highest BCUT2D eigenvalue weighted by atomic mass is 16.2. The Bertz CT molecular complexity index is 1150. The van der Waals surface area contributed by atoms with Gasteiger partial charge in [-0.3, -0.25) is 24.1 Å². The first-order chi connectivity index (χ1) is 15.0. The van der Waals surface area contributed by atoms with E-state index in [2.05, 4.69) is 10.6 Å². The average molecular weight is 415 g/mol. The summed E-state index contributed by atoms with van der Waals surface area (Å²) in [6.07, 6.45) is 0.498. The minimum atomic E-state index is -0.334. The summed E-state index contributed by atoms with van der Waals surface area (Å²) in [4.78, 5) is 50.8. The number of nitrogens with zero attached hydrogens (tertiary/aromatic N) is 1. The molecule has 0 aliphatic carbocycles. The maximum Gasteiger partial charge on any atom is 0.261 e. The molecule has 0 unspecified atom stereocenters. The van der Waals surface area contributed by atoms with Crippen molar-refractivity contribution < 1.29 is 19.2 Å². The number of imide groups is 1. The van der Waals surface area contributed by atoms with Crippen LogP contribution >= 0.6 is 0 Å². The van der Waals surface area contributed by atoms with Gasteiger partial charge >= 0.3 is 0 Å². The lowest BCUT2D eigenvalue weighted by molar-refractivity contribution is -0.116. The van der Waals surface area contributed by atoms with Gasteiger partial charge in [0.1, 0.15) is 0 Å². The second kappa shape index (κ2) is 8.39. The number of benzene rings is 3. The molecule has 0 radical (unpaired) electrons. The van der Waals surface area contributed by atoms with Gasteiger partial charge in [0.2, 0.25) is 5.91 Å². The fourth-order valence-electron chi connectivity index (χ4n) is 3.75. The van der Waals surface area contributed by atoms with Gasteiger partial charge in [-0.1, -0.05) is 24.3 Å². The van der Waals surface area contributed by atoms with Gasteiger partial charge in [0.15, 0.2) is 0 Å². The number of hydrogen-bond acceptors (Lipinski definition) is 4. The molecule has 3 aromatic carbocycles. The third-order valence-corrected chi connectivity index (χ3v) is 5.30. The van der Waals surface area contributed by atoms with Crippen molar-refractivity contribution in [2.75, 3.05) is 18.9 Å². The Labute approximate surface area is 179 Å². The van der Waals surface area contributed by atoms with Gasteiger partial charge in [-0.15, -0.1) is 0 Å². The van der Waals surface area contributed by atoms with Crippen LogP contribution in [0.25, 0.3) is 10.8 Å². The number of hydrogen-bond donors (Lipinski definition) is 2. The second-order valence-electron chi connectivity index (χ2n) is 7.28. The van der Waals surface area contributed by atoms with Crippen molar-refractivity contribution in [2.24, 2.45) is 0 Å². The van der Waals surface area contributed by atoms with Crippen molar-refractivity contribution in [1.29, 1.82) is 0 Å². The molecule has 0 fully saturated rings. The summed E-state index contributed by atoms with van der Waals surface area (Å²) in [5.74, 6) is -1.10. The lowest BCUT2D eigenvalue weighted by Crippen LogP contribution is -2.41. The summed E-state index contributed by atoms with van der Waals surface area (Å²) >= 11 is 0. The van der Waals surface area contributed by atoms with Crippen molar-refractivity contribution in [3.05, 3.63) is 77.4 Å². The fourth-order valence-corrected chi connectivity index (χ4v) is 3.75. The van der Waals surface area contributed by atoms with Crippen molar-refractivity contribution in [1.82, 2.24) is 10.2 Å². The number of carbonyl (C=O) groups is 4. The standard InChI is InChI=1S/C24H21N3O4/c1-25-22(29)16-10-12-17(13-11-16)26-20(28)9-4-14-27-23(30)18-7-2-5-15-6-3-8-19(21(15)18)24(27)31/h2-3,5-8,10-13H,4,9,14H2,1H3,(H,25,29)(H,26,28). The molecule has 31 heavy (non-hydrogen) atoms. The lowest BCUT2D eigenvalue weighted by Gasteiger charge is -2.27. The van der Waals surface area contributed by atoms with Crippen LogP contribution in [0.4, 0.5) is 5.69 Å². The van der Waals surface area contributed by atoms with Crippen LogP contribution < -0.4 is 10.6 Å². The summed E-state index contributed by atoms with van der Waals surface area (Å²) in [6.45, 7) is 0.158. The van der Waals surface area contributed by atoms with Gasteiger partial charge in [-0.2, -0.15) is 0 Å². The van der Waals surface area contributed by atoms with Crippen LogP contribution in [0.15, 0.2) is 60.7 Å². The minimum Gasteiger partial charge on any atom is -0.355 e. The Hall–Kier alpha value is -4.00. The molecule has 4 amide bonds. The maximum atomic E-state index is 12.9. The topological polar surface area (TPSA) is 95.6 Å². The van der Waals surface area contributed by atoms with Gasteiger partial charge in [0, 0.05) is 47.8 Å². The maximum absolute atomic E-state index is 12.9. The van der Waals surface area contributed by atoms with Crippen LogP contribution in [-0.4, -0.2) is 42.1 Å². The van der Waals surface area contributed by atoms with E-state index in [1.54, 1.807) is 55.6 Å². The summed E-state index contributed by atoms with van der Waals surface area (Å²) in [7, 11) is 1.55. The zero-order valence-corrected chi connectivity index (χ0v) is 17.0. The normalized spacial score (nSPS) is 12.7. The molecule has 4 rings (SSSR count). The molecule has 1 aliphatic rings. The third-order valence-electron chi connectivity index (χ3n) is 5.30. The number of anilines is 1. The van der Waals surface area contributed by atoms with E-state index < -0.39 is 0 Å². The number of rotatable bonds is 6. The largest absolute Gasteiger partial charge is 0.355 e. The van der Waals surface area contributed by atoms with E-state index in [1.165, 1.54) is 4.90 Å². The van der Waals surface area contributed by atoms with Gasteiger partial charge in [-0.25, -0.2) is 0 Å². The quantitative estimate of drug-likeness (QED) is 0.605. The first-order valence-corrected chi connectivity index (χ1v) is 9.99. The van der Waals surface area contributed by atoms with E-state index in [9.17, 15) is 19.2 Å². The van der Waals surface area contributed by atoms with E-state index >= 15 is 0 Å². The van der Waals surface area contributed by atoms with Crippen molar-refractivity contribution >= 4 is 40.1 Å². The molecular formula is C24H21N3O4. The molecule has 7 heteroatoms. The number of nitrogens with one attached hydrogen (secondary N) is 2. The molecule has 7 nitrogen and oxygen atoms in total. The highest BCUT2D eigenvalue weighted by molar-refractivity contribution is 6.25. The Kier molecular flexibility index (Phi) is 5.49. The monoisotopic (exact) mass is 415 g/mol. The van der Waals surface area contributed by atoms with Gasteiger partial charge in [-0.05, 0) is 48.2 Å². The Morgan fingerprint density at radius 1 is 0.871 bits per heavy atom. The molecule has 0 saturated heterocycles. The molecule has 1 aliphatic heterocycles. The van der Waals surface area contributed by atoms with Crippen molar-refractivity contribution in [2.45, 2.75) is 12.8 Å². The van der Waals surface area contributed by atoms with E-state index in [1.807, 2.05) is 12.1 Å².